The van der Waals surface area contributed by atoms with E-state index in [-0.39, 0.29) is 0 Å². The lowest BCUT2D eigenvalue weighted by Gasteiger charge is -2.29. The van der Waals surface area contributed by atoms with Gasteiger partial charge in [-0.1, -0.05) is 0 Å². The van der Waals surface area contributed by atoms with E-state index in [1.54, 1.807) is 0 Å². The highest BCUT2D eigenvalue weighted by Crippen LogP contribution is 2.23. The number of piperazine rings is 1. The van der Waals surface area contributed by atoms with Crippen LogP contribution in [-0.4, -0.2) is 74.2 Å². The van der Waals surface area contributed by atoms with Crippen molar-refractivity contribution in [2.75, 3.05) is 64.4 Å². The van der Waals surface area contributed by atoms with Crippen LogP contribution in [0, 0.1) is 5.92 Å². The minimum Gasteiger partial charge on any atom is -0.314 e. The molecular formula is C12H25N3S. The third kappa shape index (κ3) is 4.24. The molecule has 0 aromatic heterocycles. The van der Waals surface area contributed by atoms with Gasteiger partial charge in [0.25, 0.3) is 0 Å². The van der Waals surface area contributed by atoms with E-state index < -0.39 is 0 Å². The summed E-state index contributed by atoms with van der Waals surface area (Å²) in [7, 11) is 2.28. The van der Waals surface area contributed by atoms with Crippen LogP contribution in [0.15, 0.2) is 0 Å². The van der Waals surface area contributed by atoms with Gasteiger partial charge in [-0.15, -0.1) is 0 Å². The van der Waals surface area contributed by atoms with Gasteiger partial charge in [0.15, 0.2) is 0 Å². The first kappa shape index (κ1) is 12.7. The van der Waals surface area contributed by atoms with E-state index in [1.807, 2.05) is 0 Å². The number of likely N-dealkylation sites (N-methyl/N-ethyl adjacent to an activating group) is 1. The molecule has 0 radical (unpaired) electrons. The second kappa shape index (κ2) is 6.84. The molecule has 1 atom stereocenters. The highest BCUT2D eigenvalue weighted by molar-refractivity contribution is 7.99. The number of thioether (sulfide) groups is 1. The van der Waals surface area contributed by atoms with Crippen LogP contribution >= 0.6 is 11.8 Å². The van der Waals surface area contributed by atoms with Crippen molar-refractivity contribution in [3.8, 4) is 0 Å². The van der Waals surface area contributed by atoms with Crippen molar-refractivity contribution in [3.63, 3.8) is 0 Å². The monoisotopic (exact) mass is 243 g/mol. The molecule has 2 heterocycles. The zero-order valence-corrected chi connectivity index (χ0v) is 11.3. The zero-order valence-electron chi connectivity index (χ0n) is 10.5. The fraction of sp³-hybridized carbons (Fsp3) is 1.00. The first-order chi connectivity index (χ1) is 7.84. The predicted molar refractivity (Wildman–Crippen MR) is 72.2 cm³/mol. The minimum atomic E-state index is 0.957. The molecule has 16 heavy (non-hydrogen) atoms. The Morgan fingerprint density at radius 1 is 1.38 bits per heavy atom. The quantitative estimate of drug-likeness (QED) is 0.761. The Balaban J connectivity index is 1.57. The van der Waals surface area contributed by atoms with Gasteiger partial charge in [0.1, 0.15) is 0 Å². The van der Waals surface area contributed by atoms with Crippen LogP contribution < -0.4 is 5.32 Å². The molecule has 1 unspecified atom stereocenters. The van der Waals surface area contributed by atoms with Gasteiger partial charge in [-0.25, -0.2) is 0 Å². The third-order valence-corrected chi connectivity index (χ3v) is 4.83. The molecule has 2 saturated heterocycles. The average molecular weight is 243 g/mol. The van der Waals surface area contributed by atoms with Gasteiger partial charge in [-0.3, -0.25) is 4.90 Å². The van der Waals surface area contributed by atoms with Crippen LogP contribution in [0.3, 0.4) is 0 Å². The zero-order chi connectivity index (χ0) is 11.2. The molecule has 94 valence electrons. The molecule has 3 nitrogen and oxygen atoms in total. The molecule has 0 bridgehead atoms. The van der Waals surface area contributed by atoms with E-state index in [4.69, 9.17) is 0 Å². The summed E-state index contributed by atoms with van der Waals surface area (Å²) in [5.41, 5.74) is 0. The van der Waals surface area contributed by atoms with Crippen LogP contribution in [0.4, 0.5) is 0 Å². The van der Waals surface area contributed by atoms with Gasteiger partial charge < -0.3 is 10.2 Å². The average Bonchev–Trinajstić information content (AvgIpc) is 2.81. The summed E-state index contributed by atoms with van der Waals surface area (Å²) in [6.45, 7) is 8.59. The van der Waals surface area contributed by atoms with E-state index in [2.05, 4.69) is 33.9 Å². The summed E-state index contributed by atoms with van der Waals surface area (Å²) in [6, 6.07) is 0. The Morgan fingerprint density at radius 3 is 2.88 bits per heavy atom. The topological polar surface area (TPSA) is 18.5 Å². The second-order valence-corrected chi connectivity index (χ2v) is 6.23. The maximum Gasteiger partial charge on any atom is 0.0110 e. The van der Waals surface area contributed by atoms with Gasteiger partial charge >= 0.3 is 0 Å². The van der Waals surface area contributed by atoms with Crippen molar-refractivity contribution in [3.05, 3.63) is 0 Å². The van der Waals surface area contributed by atoms with Crippen LogP contribution in [-0.2, 0) is 0 Å². The fourth-order valence-electron chi connectivity index (χ4n) is 2.51. The highest BCUT2D eigenvalue weighted by atomic mass is 32.2. The molecule has 0 spiro atoms. The smallest absolute Gasteiger partial charge is 0.0110 e. The first-order valence-corrected chi connectivity index (χ1v) is 7.69. The lowest BCUT2D eigenvalue weighted by Crippen LogP contribution is -2.46. The molecule has 0 aromatic carbocycles. The highest BCUT2D eigenvalue weighted by Gasteiger charge is 2.17. The third-order valence-electron chi connectivity index (χ3n) is 3.60. The molecule has 0 amide bonds. The van der Waals surface area contributed by atoms with Gasteiger partial charge in [-0.05, 0) is 30.9 Å². The fourth-order valence-corrected chi connectivity index (χ4v) is 3.78. The summed E-state index contributed by atoms with van der Waals surface area (Å²) in [5.74, 6) is 3.73. The minimum absolute atomic E-state index is 0.957. The molecule has 1 N–H and O–H groups in total. The van der Waals surface area contributed by atoms with Crippen molar-refractivity contribution in [1.29, 1.82) is 0 Å². The van der Waals surface area contributed by atoms with Crippen molar-refractivity contribution in [2.45, 2.75) is 6.42 Å². The first-order valence-electron chi connectivity index (χ1n) is 6.54. The molecule has 2 fully saturated rings. The summed E-state index contributed by atoms with van der Waals surface area (Å²) < 4.78 is 0. The van der Waals surface area contributed by atoms with Gasteiger partial charge in [0.05, 0.1) is 0 Å². The summed E-state index contributed by atoms with van der Waals surface area (Å²) in [6.07, 6.45) is 1.43. The maximum atomic E-state index is 3.40. The molecule has 0 saturated carbocycles. The van der Waals surface area contributed by atoms with E-state index >= 15 is 0 Å². The SMILES string of the molecule is CN(CCN1CCNCC1)CC1CCSC1. The van der Waals surface area contributed by atoms with Crippen LogP contribution in [0.1, 0.15) is 6.42 Å². The van der Waals surface area contributed by atoms with Gasteiger partial charge in [0, 0.05) is 45.8 Å². The van der Waals surface area contributed by atoms with Crippen molar-refractivity contribution in [1.82, 2.24) is 15.1 Å². The standard InChI is InChI=1S/C12H25N3S/c1-14(10-12-2-9-16-11-12)7-8-15-5-3-13-4-6-15/h12-13H,2-11H2,1H3. The van der Waals surface area contributed by atoms with E-state index in [1.165, 1.54) is 63.7 Å². The van der Waals surface area contributed by atoms with E-state index in [9.17, 15) is 0 Å². The Kier molecular flexibility index (Phi) is 5.42. The number of nitrogens with one attached hydrogen (secondary N) is 1. The Labute approximate surface area is 104 Å². The second-order valence-electron chi connectivity index (χ2n) is 5.08. The molecule has 2 aliphatic rings. The van der Waals surface area contributed by atoms with E-state index in [0.29, 0.717) is 0 Å². The van der Waals surface area contributed by atoms with Gasteiger partial charge in [-0.2, -0.15) is 11.8 Å². The lowest BCUT2D eigenvalue weighted by molar-refractivity contribution is 0.196. The van der Waals surface area contributed by atoms with Crippen molar-refractivity contribution in [2.24, 2.45) is 5.92 Å². The van der Waals surface area contributed by atoms with Crippen molar-refractivity contribution < 1.29 is 0 Å². The molecule has 2 rings (SSSR count). The molecule has 2 aliphatic heterocycles. The maximum absolute atomic E-state index is 3.40. The van der Waals surface area contributed by atoms with Gasteiger partial charge in [0.2, 0.25) is 0 Å². The largest absolute Gasteiger partial charge is 0.314 e. The van der Waals surface area contributed by atoms with E-state index in [0.717, 1.165) is 5.92 Å². The summed E-state index contributed by atoms with van der Waals surface area (Å²) in [4.78, 5) is 5.11. The van der Waals surface area contributed by atoms with Crippen LogP contribution in [0.25, 0.3) is 0 Å². The Hall–Kier alpha value is 0.230. The Morgan fingerprint density at radius 2 is 2.19 bits per heavy atom. The Bertz CT molecular complexity index is 189. The van der Waals surface area contributed by atoms with Crippen molar-refractivity contribution >= 4 is 11.8 Å². The predicted octanol–water partition coefficient (Wildman–Crippen LogP) is 0.577. The lowest BCUT2D eigenvalue weighted by atomic mass is 10.1. The molecular weight excluding hydrogens is 218 g/mol. The van der Waals surface area contributed by atoms with Crippen LogP contribution in [0.5, 0.6) is 0 Å². The normalized spacial score (nSPS) is 27.8. The molecule has 0 aliphatic carbocycles. The number of rotatable bonds is 5. The number of nitrogens with zero attached hydrogens (tertiary/aromatic N) is 2. The van der Waals surface area contributed by atoms with Crippen LogP contribution in [0.2, 0.25) is 0 Å². The summed E-state index contributed by atoms with van der Waals surface area (Å²) in [5, 5.41) is 3.40. The number of hydrogen-bond donors (Lipinski definition) is 1. The number of hydrogen-bond acceptors (Lipinski definition) is 4. The summed E-state index contributed by atoms with van der Waals surface area (Å²) >= 11 is 2.12. The molecule has 0 aromatic rings. The molecule has 4 heteroatoms.